The minimum atomic E-state index is 0.969. The van der Waals surface area contributed by atoms with Crippen LogP contribution in [0.15, 0.2) is 71.1 Å². The Balaban J connectivity index is 2.10. The normalized spacial score (nSPS) is 11.2. The highest BCUT2D eigenvalue weighted by Gasteiger charge is 2.13. The van der Waals surface area contributed by atoms with Crippen LogP contribution >= 0.6 is 0 Å². The van der Waals surface area contributed by atoms with Crippen molar-refractivity contribution in [3.63, 3.8) is 0 Å². The van der Waals surface area contributed by atoms with Crippen molar-refractivity contribution >= 4 is 21.7 Å². The summed E-state index contributed by atoms with van der Waals surface area (Å²) in [4.78, 5) is 0. The molecule has 0 saturated heterocycles. The van der Waals surface area contributed by atoms with Gasteiger partial charge in [0.25, 0.3) is 0 Å². The van der Waals surface area contributed by atoms with E-state index in [-0.39, 0.29) is 0 Å². The summed E-state index contributed by atoms with van der Waals surface area (Å²) in [5.74, 6) is 0.969. The molecule has 0 aliphatic heterocycles. The largest absolute Gasteiger partial charge is 0.455 e. The van der Waals surface area contributed by atoms with Crippen molar-refractivity contribution in [3.05, 3.63) is 72.3 Å². The molecular formula is C19H14O. The number of aryl methyl sites for hydroxylation is 1. The Bertz CT molecular complexity index is 901. The van der Waals surface area contributed by atoms with Crippen LogP contribution in [-0.2, 0) is 0 Å². The van der Waals surface area contributed by atoms with Crippen LogP contribution in [0.3, 0.4) is 0 Å². The third-order valence-corrected chi connectivity index (χ3v) is 3.86. The highest BCUT2D eigenvalue weighted by Crippen LogP contribution is 2.36. The van der Waals surface area contributed by atoms with Crippen molar-refractivity contribution < 1.29 is 4.42 Å². The molecule has 0 aliphatic carbocycles. The molecule has 0 bridgehead atoms. The maximum Gasteiger partial charge on any atom is 0.142 e. The Morgan fingerprint density at radius 2 is 1.45 bits per heavy atom. The first-order valence-corrected chi connectivity index (χ1v) is 6.81. The third kappa shape index (κ3) is 1.56. The maximum atomic E-state index is 6.20. The van der Waals surface area contributed by atoms with Crippen molar-refractivity contribution in [1.82, 2.24) is 0 Å². The molecule has 0 saturated carbocycles. The second-order valence-electron chi connectivity index (χ2n) is 5.09. The fourth-order valence-corrected chi connectivity index (χ4v) is 2.81. The van der Waals surface area contributed by atoms with E-state index in [1.54, 1.807) is 0 Å². The number of hydrogen-bond acceptors (Lipinski definition) is 1. The number of furan rings is 1. The van der Waals surface area contributed by atoms with E-state index < -0.39 is 0 Å². The maximum absolute atomic E-state index is 6.20. The third-order valence-electron chi connectivity index (χ3n) is 3.86. The summed E-state index contributed by atoms with van der Waals surface area (Å²) in [5, 5.41) is 3.59. The lowest BCUT2D eigenvalue weighted by Gasteiger charge is -1.97. The Labute approximate surface area is 117 Å². The zero-order valence-corrected chi connectivity index (χ0v) is 11.3. The second kappa shape index (κ2) is 4.24. The molecule has 0 amide bonds. The van der Waals surface area contributed by atoms with Crippen LogP contribution in [-0.4, -0.2) is 0 Å². The molecule has 4 aromatic rings. The van der Waals surface area contributed by atoms with Gasteiger partial charge in [0.05, 0.1) is 0 Å². The van der Waals surface area contributed by atoms with Crippen LogP contribution in [0.4, 0.5) is 0 Å². The number of fused-ring (bicyclic) bond motifs is 3. The molecule has 1 heteroatoms. The van der Waals surface area contributed by atoms with E-state index in [9.17, 15) is 0 Å². The topological polar surface area (TPSA) is 13.1 Å². The first-order chi connectivity index (χ1) is 9.84. The highest BCUT2D eigenvalue weighted by molar-refractivity contribution is 6.06. The Kier molecular flexibility index (Phi) is 2.40. The zero-order valence-electron chi connectivity index (χ0n) is 11.3. The quantitative estimate of drug-likeness (QED) is 0.435. The molecule has 4 rings (SSSR count). The average molecular weight is 258 g/mol. The number of benzene rings is 3. The van der Waals surface area contributed by atoms with E-state index >= 15 is 0 Å². The predicted molar refractivity (Wildman–Crippen MR) is 83.9 cm³/mol. The van der Waals surface area contributed by atoms with Gasteiger partial charge in [-0.05, 0) is 12.3 Å². The lowest BCUT2D eigenvalue weighted by molar-refractivity contribution is 0.632. The second-order valence-corrected chi connectivity index (χ2v) is 5.09. The summed E-state index contributed by atoms with van der Waals surface area (Å²) in [7, 11) is 0. The van der Waals surface area contributed by atoms with Crippen LogP contribution in [0.1, 0.15) is 5.56 Å². The Morgan fingerprint density at radius 3 is 2.30 bits per heavy atom. The highest BCUT2D eigenvalue weighted by atomic mass is 16.3. The van der Waals surface area contributed by atoms with Gasteiger partial charge in [-0.25, -0.2) is 0 Å². The average Bonchev–Trinajstić information content (AvgIpc) is 2.86. The van der Waals surface area contributed by atoms with Gasteiger partial charge in [0.2, 0.25) is 0 Å². The van der Waals surface area contributed by atoms with Crippen molar-refractivity contribution in [2.45, 2.75) is 6.92 Å². The van der Waals surface area contributed by atoms with Gasteiger partial charge >= 0.3 is 0 Å². The zero-order chi connectivity index (χ0) is 13.5. The van der Waals surface area contributed by atoms with Crippen LogP contribution in [0.5, 0.6) is 0 Å². The summed E-state index contributed by atoms with van der Waals surface area (Å²) in [6.45, 7) is 2.13. The molecule has 0 unspecified atom stereocenters. The molecule has 3 aromatic carbocycles. The lowest BCUT2D eigenvalue weighted by atomic mass is 10.0. The van der Waals surface area contributed by atoms with Crippen molar-refractivity contribution in [1.29, 1.82) is 0 Å². The SMILES string of the molecule is Cc1c(-c2ccccc2)oc2c1ccc1ccccc12. The van der Waals surface area contributed by atoms with E-state index in [1.807, 2.05) is 18.2 Å². The summed E-state index contributed by atoms with van der Waals surface area (Å²) < 4.78 is 6.20. The first-order valence-electron chi connectivity index (χ1n) is 6.81. The van der Waals surface area contributed by atoms with Gasteiger partial charge < -0.3 is 4.42 Å². The predicted octanol–water partition coefficient (Wildman–Crippen LogP) is 5.56. The summed E-state index contributed by atoms with van der Waals surface area (Å²) in [6.07, 6.45) is 0. The Morgan fingerprint density at radius 1 is 0.700 bits per heavy atom. The molecule has 1 nitrogen and oxygen atoms in total. The Hall–Kier alpha value is -2.54. The molecule has 0 radical (unpaired) electrons. The molecular weight excluding hydrogens is 244 g/mol. The monoisotopic (exact) mass is 258 g/mol. The summed E-state index contributed by atoms with van der Waals surface area (Å²) in [5.41, 5.74) is 3.32. The van der Waals surface area contributed by atoms with Crippen LogP contribution in [0, 0.1) is 6.92 Å². The van der Waals surface area contributed by atoms with Crippen molar-refractivity contribution in [2.24, 2.45) is 0 Å². The molecule has 0 atom stereocenters. The molecule has 0 fully saturated rings. The fourth-order valence-electron chi connectivity index (χ4n) is 2.81. The van der Waals surface area contributed by atoms with Gasteiger partial charge in [0.15, 0.2) is 0 Å². The smallest absolute Gasteiger partial charge is 0.142 e. The van der Waals surface area contributed by atoms with Crippen LogP contribution in [0.25, 0.3) is 33.1 Å². The molecule has 96 valence electrons. The van der Waals surface area contributed by atoms with Gasteiger partial charge in [-0.15, -0.1) is 0 Å². The van der Waals surface area contributed by atoms with E-state index in [2.05, 4.69) is 55.5 Å². The van der Waals surface area contributed by atoms with E-state index in [0.717, 1.165) is 16.9 Å². The summed E-state index contributed by atoms with van der Waals surface area (Å²) >= 11 is 0. The van der Waals surface area contributed by atoms with Gasteiger partial charge in [-0.2, -0.15) is 0 Å². The standard InChI is InChI=1S/C19H14O/c1-13-16-12-11-14-7-5-6-10-17(14)19(16)20-18(13)15-8-3-2-4-9-15/h2-12H,1H3. The molecule has 1 aromatic heterocycles. The lowest BCUT2D eigenvalue weighted by Crippen LogP contribution is -1.76. The summed E-state index contributed by atoms with van der Waals surface area (Å²) in [6, 6.07) is 23.0. The van der Waals surface area contributed by atoms with E-state index in [4.69, 9.17) is 4.42 Å². The fraction of sp³-hybridized carbons (Fsp3) is 0.0526. The first kappa shape index (κ1) is 11.3. The van der Waals surface area contributed by atoms with Crippen molar-refractivity contribution in [2.75, 3.05) is 0 Å². The van der Waals surface area contributed by atoms with Gasteiger partial charge in [-0.1, -0.05) is 66.7 Å². The molecule has 0 N–H and O–H groups in total. The number of rotatable bonds is 1. The van der Waals surface area contributed by atoms with Gasteiger partial charge in [-0.3, -0.25) is 0 Å². The van der Waals surface area contributed by atoms with Crippen LogP contribution in [0.2, 0.25) is 0 Å². The van der Waals surface area contributed by atoms with E-state index in [1.165, 1.54) is 21.7 Å². The van der Waals surface area contributed by atoms with Gasteiger partial charge in [0.1, 0.15) is 11.3 Å². The van der Waals surface area contributed by atoms with Crippen LogP contribution < -0.4 is 0 Å². The van der Waals surface area contributed by atoms with Gasteiger partial charge in [0, 0.05) is 21.9 Å². The molecule has 20 heavy (non-hydrogen) atoms. The van der Waals surface area contributed by atoms with Crippen molar-refractivity contribution in [3.8, 4) is 11.3 Å². The van der Waals surface area contributed by atoms with E-state index in [0.29, 0.717) is 0 Å². The minimum Gasteiger partial charge on any atom is -0.455 e. The molecule has 0 aliphatic rings. The molecule has 1 heterocycles. The number of hydrogen-bond donors (Lipinski definition) is 0. The molecule has 0 spiro atoms. The minimum absolute atomic E-state index is 0.969.